The summed E-state index contributed by atoms with van der Waals surface area (Å²) in [6.07, 6.45) is 3.84. The minimum Gasteiger partial charge on any atom is -0.504 e. The van der Waals surface area contributed by atoms with E-state index in [0.29, 0.717) is 24.1 Å². The number of benzene rings is 1. The van der Waals surface area contributed by atoms with E-state index in [4.69, 9.17) is 4.74 Å². The van der Waals surface area contributed by atoms with Crippen LogP contribution in [0.25, 0.3) is 0 Å². The van der Waals surface area contributed by atoms with Crippen LogP contribution in [0.5, 0.6) is 11.5 Å². The molecule has 1 aliphatic heterocycles. The number of phenolic OH excluding ortho intramolecular Hbond substituents is 1. The van der Waals surface area contributed by atoms with Crippen LogP contribution in [0.2, 0.25) is 0 Å². The molecule has 1 aliphatic carbocycles. The second-order valence-electron chi connectivity index (χ2n) is 6.11. The van der Waals surface area contributed by atoms with Crippen molar-refractivity contribution < 1.29 is 9.84 Å². The fourth-order valence-electron chi connectivity index (χ4n) is 3.22. The molecule has 1 aromatic carbocycles. The highest BCUT2D eigenvalue weighted by atomic mass is 16.5. The number of piperazine rings is 1. The van der Waals surface area contributed by atoms with Gasteiger partial charge in [0.05, 0.1) is 6.61 Å². The molecule has 0 aromatic heterocycles. The number of phenols is 1. The van der Waals surface area contributed by atoms with Crippen LogP contribution in [0.3, 0.4) is 0 Å². The Kier molecular flexibility index (Phi) is 4.66. The molecule has 4 heteroatoms. The summed E-state index contributed by atoms with van der Waals surface area (Å²) in [4.78, 5) is 2.51. The van der Waals surface area contributed by atoms with Crippen molar-refractivity contribution in [3.05, 3.63) is 23.8 Å². The largest absolute Gasteiger partial charge is 0.504 e. The maximum absolute atomic E-state index is 10.6. The van der Waals surface area contributed by atoms with Gasteiger partial charge >= 0.3 is 0 Å². The lowest BCUT2D eigenvalue weighted by Gasteiger charge is -2.35. The number of rotatable bonds is 6. The van der Waals surface area contributed by atoms with Crippen molar-refractivity contribution >= 4 is 0 Å². The second-order valence-corrected chi connectivity index (χ2v) is 6.11. The molecular formula is C17H26N2O2. The highest BCUT2D eigenvalue weighted by molar-refractivity contribution is 5.47. The van der Waals surface area contributed by atoms with E-state index in [1.807, 2.05) is 19.1 Å². The molecule has 1 aromatic rings. The third-order valence-corrected chi connectivity index (χ3v) is 4.53. The molecule has 1 atom stereocenters. The Morgan fingerprint density at radius 3 is 2.76 bits per heavy atom. The third kappa shape index (κ3) is 3.50. The van der Waals surface area contributed by atoms with E-state index in [-0.39, 0.29) is 0 Å². The van der Waals surface area contributed by atoms with E-state index >= 15 is 0 Å². The monoisotopic (exact) mass is 290 g/mol. The summed E-state index contributed by atoms with van der Waals surface area (Å²) in [5.74, 6) is 1.79. The minimum absolute atomic E-state index is 0.319. The highest BCUT2D eigenvalue weighted by Gasteiger charge is 2.32. The summed E-state index contributed by atoms with van der Waals surface area (Å²) in [5.41, 5.74) is 1.04. The number of hydrogen-bond donors (Lipinski definition) is 2. The van der Waals surface area contributed by atoms with Gasteiger partial charge in [-0.15, -0.1) is 0 Å². The van der Waals surface area contributed by atoms with E-state index in [1.165, 1.54) is 12.8 Å². The standard InChI is InChI=1S/C17H26N2O2/c1-2-21-16-5-3-4-14(17(16)20)15(12-13-6-7-13)19-10-8-18-9-11-19/h3-5,13,15,18,20H,2,6-12H2,1H3/t15-/m1/s1. The van der Waals surface area contributed by atoms with E-state index in [1.54, 1.807) is 0 Å². The Balaban J connectivity index is 1.85. The summed E-state index contributed by atoms with van der Waals surface area (Å²) >= 11 is 0. The number of hydrogen-bond acceptors (Lipinski definition) is 4. The second kappa shape index (κ2) is 6.67. The van der Waals surface area contributed by atoms with Crippen LogP contribution in [0, 0.1) is 5.92 Å². The molecule has 2 fully saturated rings. The zero-order valence-electron chi connectivity index (χ0n) is 12.8. The van der Waals surface area contributed by atoms with Crippen LogP contribution in [0.4, 0.5) is 0 Å². The molecule has 1 saturated heterocycles. The lowest BCUT2D eigenvalue weighted by molar-refractivity contribution is 0.157. The SMILES string of the molecule is CCOc1cccc([C@@H](CC2CC2)N2CCNCC2)c1O. The van der Waals surface area contributed by atoms with Gasteiger partial charge in [-0.05, 0) is 25.3 Å². The Labute approximate surface area is 127 Å². The average Bonchev–Trinajstić information content (AvgIpc) is 3.33. The van der Waals surface area contributed by atoms with Crippen molar-refractivity contribution in [2.24, 2.45) is 5.92 Å². The molecule has 0 bridgehead atoms. The van der Waals surface area contributed by atoms with E-state index in [9.17, 15) is 5.11 Å². The first-order valence-corrected chi connectivity index (χ1v) is 8.19. The van der Waals surface area contributed by atoms with Gasteiger partial charge in [0.2, 0.25) is 0 Å². The summed E-state index contributed by atoms with van der Waals surface area (Å²) < 4.78 is 5.55. The minimum atomic E-state index is 0.319. The predicted molar refractivity (Wildman–Crippen MR) is 83.8 cm³/mol. The van der Waals surface area contributed by atoms with Gasteiger partial charge in [0, 0.05) is 37.8 Å². The maximum atomic E-state index is 10.6. The van der Waals surface area contributed by atoms with Crippen molar-refractivity contribution in [3.8, 4) is 11.5 Å². The molecule has 3 rings (SSSR count). The molecule has 2 aliphatic rings. The third-order valence-electron chi connectivity index (χ3n) is 4.53. The van der Waals surface area contributed by atoms with E-state index in [2.05, 4.69) is 16.3 Å². The molecular weight excluding hydrogens is 264 g/mol. The number of aromatic hydroxyl groups is 1. The smallest absolute Gasteiger partial charge is 0.162 e. The van der Waals surface area contributed by atoms with E-state index < -0.39 is 0 Å². The normalized spacial score (nSPS) is 21.2. The van der Waals surface area contributed by atoms with Gasteiger partial charge in [-0.25, -0.2) is 0 Å². The molecule has 116 valence electrons. The molecule has 0 unspecified atom stereocenters. The van der Waals surface area contributed by atoms with Crippen LogP contribution in [-0.4, -0.2) is 42.8 Å². The first-order valence-electron chi connectivity index (χ1n) is 8.19. The first kappa shape index (κ1) is 14.7. The number of para-hydroxylation sites is 1. The fourth-order valence-corrected chi connectivity index (χ4v) is 3.22. The molecule has 0 amide bonds. The van der Waals surface area contributed by atoms with Gasteiger partial charge in [0.25, 0.3) is 0 Å². The van der Waals surface area contributed by atoms with Gasteiger partial charge in [-0.3, -0.25) is 4.90 Å². The quantitative estimate of drug-likeness (QED) is 0.845. The van der Waals surface area contributed by atoms with Gasteiger partial charge in [-0.2, -0.15) is 0 Å². The molecule has 0 spiro atoms. The van der Waals surface area contributed by atoms with Crippen LogP contribution in [0.15, 0.2) is 18.2 Å². The van der Waals surface area contributed by atoms with Gasteiger partial charge in [0.15, 0.2) is 11.5 Å². The Morgan fingerprint density at radius 1 is 1.33 bits per heavy atom. The summed E-state index contributed by atoms with van der Waals surface area (Å²) in [5, 5.41) is 14.0. The Bertz CT molecular complexity index is 468. The van der Waals surface area contributed by atoms with Crippen LogP contribution in [0.1, 0.15) is 37.8 Å². The van der Waals surface area contributed by atoms with Crippen molar-refractivity contribution in [2.75, 3.05) is 32.8 Å². The van der Waals surface area contributed by atoms with Crippen molar-refractivity contribution in [1.82, 2.24) is 10.2 Å². The van der Waals surface area contributed by atoms with Gasteiger partial charge < -0.3 is 15.2 Å². The zero-order valence-corrected chi connectivity index (χ0v) is 12.8. The van der Waals surface area contributed by atoms with Crippen LogP contribution >= 0.6 is 0 Å². The van der Waals surface area contributed by atoms with Crippen LogP contribution in [-0.2, 0) is 0 Å². The molecule has 0 radical (unpaired) electrons. The zero-order chi connectivity index (χ0) is 14.7. The summed E-state index contributed by atoms with van der Waals surface area (Å²) in [6.45, 7) is 6.70. The molecule has 2 N–H and O–H groups in total. The van der Waals surface area contributed by atoms with Crippen molar-refractivity contribution in [3.63, 3.8) is 0 Å². The van der Waals surface area contributed by atoms with E-state index in [0.717, 1.165) is 44.1 Å². The topological polar surface area (TPSA) is 44.7 Å². The van der Waals surface area contributed by atoms with Gasteiger partial charge in [-0.1, -0.05) is 25.0 Å². The molecule has 4 nitrogen and oxygen atoms in total. The van der Waals surface area contributed by atoms with Crippen LogP contribution < -0.4 is 10.1 Å². The number of nitrogens with one attached hydrogen (secondary N) is 1. The Morgan fingerprint density at radius 2 is 2.10 bits per heavy atom. The molecule has 1 heterocycles. The maximum Gasteiger partial charge on any atom is 0.162 e. The lowest BCUT2D eigenvalue weighted by atomic mass is 9.97. The number of ether oxygens (including phenoxy) is 1. The summed E-state index contributed by atoms with van der Waals surface area (Å²) in [7, 11) is 0. The average molecular weight is 290 g/mol. The van der Waals surface area contributed by atoms with Gasteiger partial charge in [0.1, 0.15) is 0 Å². The molecule has 21 heavy (non-hydrogen) atoms. The highest BCUT2D eigenvalue weighted by Crippen LogP contribution is 2.44. The predicted octanol–water partition coefficient (Wildman–Crippen LogP) is 2.54. The van der Waals surface area contributed by atoms with Crippen molar-refractivity contribution in [1.29, 1.82) is 0 Å². The van der Waals surface area contributed by atoms with Crippen molar-refractivity contribution in [2.45, 2.75) is 32.2 Å². The Hall–Kier alpha value is -1.26. The number of nitrogens with zero attached hydrogens (tertiary/aromatic N) is 1. The lowest BCUT2D eigenvalue weighted by Crippen LogP contribution is -2.45. The first-order chi connectivity index (χ1) is 10.3. The molecule has 1 saturated carbocycles. The summed E-state index contributed by atoms with van der Waals surface area (Å²) in [6, 6.07) is 6.24. The fraction of sp³-hybridized carbons (Fsp3) is 0.647.